The number of rotatable bonds is 7. The number of hydrogen-bond donors (Lipinski definition) is 2. The Morgan fingerprint density at radius 2 is 1.78 bits per heavy atom. The number of ether oxygens (including phenoxy) is 2. The Labute approximate surface area is 224 Å². The number of hydrogen-bond acceptors (Lipinski definition) is 5. The molecule has 1 aromatic carbocycles. The summed E-state index contributed by atoms with van der Waals surface area (Å²) in [4.78, 5) is 29.4. The number of likely N-dealkylation sites (tertiary alicyclic amines) is 1. The lowest BCUT2D eigenvalue weighted by Gasteiger charge is -2.41. The van der Waals surface area contributed by atoms with Crippen LogP contribution < -0.4 is 15.4 Å². The lowest BCUT2D eigenvalue weighted by Crippen LogP contribution is -2.56. The molecule has 2 N–H and O–H groups in total. The van der Waals surface area contributed by atoms with E-state index in [0.29, 0.717) is 25.6 Å². The van der Waals surface area contributed by atoms with Gasteiger partial charge in [0.1, 0.15) is 11.8 Å². The van der Waals surface area contributed by atoms with Crippen molar-refractivity contribution in [3.8, 4) is 5.75 Å². The molecular weight excluding hydrogens is 466 g/mol. The van der Waals surface area contributed by atoms with Gasteiger partial charge in [0.25, 0.3) is 0 Å². The second kappa shape index (κ2) is 14.7. The van der Waals surface area contributed by atoms with Crippen LogP contribution in [-0.4, -0.2) is 61.7 Å². The molecule has 7 heteroatoms. The third kappa shape index (κ3) is 9.29. The molecule has 2 aliphatic rings. The average molecular weight is 516 g/mol. The summed E-state index contributed by atoms with van der Waals surface area (Å²) < 4.78 is 11.5. The van der Waals surface area contributed by atoms with E-state index in [1.807, 2.05) is 19.1 Å². The van der Waals surface area contributed by atoms with Gasteiger partial charge in [0.2, 0.25) is 11.8 Å². The molecule has 7 nitrogen and oxygen atoms in total. The minimum Gasteiger partial charge on any atom is -0.494 e. The van der Waals surface area contributed by atoms with E-state index < -0.39 is 11.5 Å². The molecule has 0 aromatic heterocycles. The molecule has 0 bridgehead atoms. The van der Waals surface area contributed by atoms with Crippen LogP contribution in [0.4, 0.5) is 0 Å². The first kappa shape index (κ1) is 29.4. The molecule has 2 amide bonds. The van der Waals surface area contributed by atoms with Crippen LogP contribution in [0, 0.1) is 11.3 Å². The minimum absolute atomic E-state index is 0.0614. The molecule has 2 atom stereocenters. The third-order valence-electron chi connectivity index (χ3n) is 7.63. The number of benzene rings is 1. The smallest absolute Gasteiger partial charge is 0.242 e. The van der Waals surface area contributed by atoms with Gasteiger partial charge in [-0.05, 0) is 82.2 Å². The van der Waals surface area contributed by atoms with Gasteiger partial charge in [0, 0.05) is 19.2 Å². The van der Waals surface area contributed by atoms with Crippen LogP contribution in [-0.2, 0) is 20.9 Å². The minimum atomic E-state index is -0.513. The molecular formula is C30H49N3O4. The van der Waals surface area contributed by atoms with Crippen molar-refractivity contribution in [3.63, 3.8) is 0 Å². The summed E-state index contributed by atoms with van der Waals surface area (Å²) in [7, 11) is 0. The van der Waals surface area contributed by atoms with Gasteiger partial charge in [-0.15, -0.1) is 0 Å². The van der Waals surface area contributed by atoms with Crippen molar-refractivity contribution < 1.29 is 19.1 Å². The maximum atomic E-state index is 13.8. The standard InChI is InChI=1S/C30H49N3O4/c1-5-18-37-26-11-9-25(10-12-26)21-33-16-14-30(15-17-33)13-7-6-8-19-36-22-24(4)31-28(34)27(20-23(2)3)32-29(30)35/h9-12,23-24,27H,5-8,13-22H2,1-4H3,(H,31,34)(H,32,35)/t24-,27+/m1/s1. The first-order valence-corrected chi connectivity index (χ1v) is 14.4. The van der Waals surface area contributed by atoms with Crippen LogP contribution in [0.25, 0.3) is 0 Å². The first-order valence-electron chi connectivity index (χ1n) is 14.4. The molecule has 1 spiro atoms. The molecule has 2 saturated heterocycles. The largest absolute Gasteiger partial charge is 0.494 e. The van der Waals surface area contributed by atoms with Crippen molar-refractivity contribution >= 4 is 11.8 Å². The highest BCUT2D eigenvalue weighted by molar-refractivity contribution is 5.90. The number of carbonyl (C=O) groups excluding carboxylic acids is 2. The normalized spacial score (nSPS) is 24.4. The van der Waals surface area contributed by atoms with Crippen molar-refractivity contribution in [3.05, 3.63) is 29.8 Å². The molecule has 2 heterocycles. The lowest BCUT2D eigenvalue weighted by molar-refractivity contribution is -0.139. The Kier molecular flexibility index (Phi) is 11.7. The zero-order valence-corrected chi connectivity index (χ0v) is 23.5. The maximum Gasteiger partial charge on any atom is 0.242 e. The Balaban J connectivity index is 1.66. The number of amides is 2. The fourth-order valence-corrected chi connectivity index (χ4v) is 5.40. The highest BCUT2D eigenvalue weighted by atomic mass is 16.5. The zero-order valence-electron chi connectivity index (χ0n) is 23.5. The van der Waals surface area contributed by atoms with E-state index in [0.717, 1.165) is 76.9 Å². The predicted octanol–water partition coefficient (Wildman–Crippen LogP) is 4.68. The Bertz CT molecular complexity index is 834. The second-order valence-corrected chi connectivity index (χ2v) is 11.5. The van der Waals surface area contributed by atoms with Gasteiger partial charge in [0.05, 0.1) is 18.6 Å². The first-order chi connectivity index (χ1) is 17.8. The van der Waals surface area contributed by atoms with Crippen LogP contribution in [0.5, 0.6) is 5.75 Å². The molecule has 0 aliphatic carbocycles. The molecule has 1 aromatic rings. The van der Waals surface area contributed by atoms with Crippen molar-refractivity contribution in [1.29, 1.82) is 0 Å². The van der Waals surface area contributed by atoms with Gasteiger partial charge in [0.15, 0.2) is 0 Å². The molecule has 208 valence electrons. The van der Waals surface area contributed by atoms with Gasteiger partial charge < -0.3 is 20.1 Å². The van der Waals surface area contributed by atoms with E-state index in [1.54, 1.807) is 0 Å². The van der Waals surface area contributed by atoms with E-state index in [4.69, 9.17) is 9.47 Å². The molecule has 0 saturated carbocycles. The fraction of sp³-hybridized carbons (Fsp3) is 0.733. The molecule has 37 heavy (non-hydrogen) atoms. The van der Waals surface area contributed by atoms with Gasteiger partial charge in [-0.1, -0.05) is 45.7 Å². The molecule has 0 unspecified atom stereocenters. The fourth-order valence-electron chi connectivity index (χ4n) is 5.40. The summed E-state index contributed by atoms with van der Waals surface area (Å²) in [5, 5.41) is 6.25. The third-order valence-corrected chi connectivity index (χ3v) is 7.63. The van der Waals surface area contributed by atoms with Gasteiger partial charge >= 0.3 is 0 Å². The quantitative estimate of drug-likeness (QED) is 0.551. The second-order valence-electron chi connectivity index (χ2n) is 11.5. The number of nitrogens with zero attached hydrogens (tertiary/aromatic N) is 1. The topological polar surface area (TPSA) is 79.9 Å². The van der Waals surface area contributed by atoms with Crippen LogP contribution in [0.1, 0.15) is 84.6 Å². The highest BCUT2D eigenvalue weighted by Crippen LogP contribution is 2.38. The molecule has 3 rings (SSSR count). The zero-order chi connectivity index (χ0) is 26.7. The van der Waals surface area contributed by atoms with Crippen molar-refractivity contribution in [2.24, 2.45) is 11.3 Å². The number of carbonyl (C=O) groups is 2. The van der Waals surface area contributed by atoms with Gasteiger partial charge in [-0.3, -0.25) is 14.5 Å². The summed E-state index contributed by atoms with van der Waals surface area (Å²) in [6.07, 6.45) is 7.18. The van der Waals surface area contributed by atoms with Gasteiger partial charge in [-0.25, -0.2) is 0 Å². The summed E-state index contributed by atoms with van der Waals surface area (Å²) in [6, 6.07) is 7.79. The van der Waals surface area contributed by atoms with Crippen LogP contribution in [0.2, 0.25) is 0 Å². The Hall–Kier alpha value is -2.12. The molecule has 2 fully saturated rings. The van der Waals surface area contributed by atoms with Crippen molar-refractivity contribution in [1.82, 2.24) is 15.5 Å². The van der Waals surface area contributed by atoms with Crippen LogP contribution >= 0.6 is 0 Å². The summed E-state index contributed by atoms with van der Waals surface area (Å²) >= 11 is 0. The summed E-state index contributed by atoms with van der Waals surface area (Å²) in [6.45, 7) is 12.8. The van der Waals surface area contributed by atoms with Crippen molar-refractivity contribution in [2.45, 2.75) is 97.7 Å². The van der Waals surface area contributed by atoms with E-state index in [9.17, 15) is 9.59 Å². The maximum absolute atomic E-state index is 13.8. The van der Waals surface area contributed by atoms with Crippen molar-refractivity contribution in [2.75, 3.05) is 32.9 Å². The van der Waals surface area contributed by atoms with Crippen LogP contribution in [0.3, 0.4) is 0 Å². The SMILES string of the molecule is CCCOc1ccc(CN2CCC3(CCCCCOC[C@@H](C)NC(=O)[C@H](CC(C)C)NC3=O)CC2)cc1. The van der Waals surface area contributed by atoms with E-state index in [2.05, 4.69) is 48.4 Å². The monoisotopic (exact) mass is 515 g/mol. The van der Waals surface area contributed by atoms with Gasteiger partial charge in [-0.2, -0.15) is 0 Å². The van der Waals surface area contributed by atoms with E-state index in [-0.39, 0.29) is 17.9 Å². The summed E-state index contributed by atoms with van der Waals surface area (Å²) in [5.41, 5.74) is 0.846. The number of nitrogens with one attached hydrogen (secondary N) is 2. The number of piperidine rings is 1. The average Bonchev–Trinajstić information content (AvgIpc) is 2.87. The Morgan fingerprint density at radius 1 is 1.05 bits per heavy atom. The molecule has 2 aliphatic heterocycles. The highest BCUT2D eigenvalue weighted by Gasteiger charge is 2.42. The van der Waals surface area contributed by atoms with Crippen LogP contribution in [0.15, 0.2) is 24.3 Å². The molecule has 0 radical (unpaired) electrons. The van der Waals surface area contributed by atoms with E-state index >= 15 is 0 Å². The Morgan fingerprint density at radius 3 is 2.46 bits per heavy atom. The summed E-state index contributed by atoms with van der Waals surface area (Å²) in [5.74, 6) is 1.18. The predicted molar refractivity (Wildman–Crippen MR) is 147 cm³/mol. The lowest BCUT2D eigenvalue weighted by atomic mass is 9.73. The van der Waals surface area contributed by atoms with E-state index in [1.165, 1.54) is 5.56 Å².